The van der Waals surface area contributed by atoms with Gasteiger partial charge in [0.1, 0.15) is 0 Å². The van der Waals surface area contributed by atoms with Crippen LogP contribution in [0.5, 0.6) is 0 Å². The lowest BCUT2D eigenvalue weighted by Gasteiger charge is -2.06. The summed E-state index contributed by atoms with van der Waals surface area (Å²) in [7, 11) is 0. The molecular weight excluding hydrogens is 296 g/mol. The first-order chi connectivity index (χ1) is 9.65. The molecule has 0 spiro atoms. The highest BCUT2D eigenvalue weighted by Gasteiger charge is 2.09. The Hall–Kier alpha value is -0.780. The zero-order valence-electron chi connectivity index (χ0n) is 11.7. The van der Waals surface area contributed by atoms with E-state index in [1.165, 1.54) is 37.1 Å². The van der Waals surface area contributed by atoms with Gasteiger partial charge in [0.2, 0.25) is 0 Å². The number of rotatable bonds is 10. The maximum absolute atomic E-state index is 10.7. The molecule has 6 heteroatoms. The average Bonchev–Trinajstić information content (AvgIpc) is 2.43. The first-order valence-electron chi connectivity index (χ1n) is 6.77. The molecule has 4 nitrogen and oxygen atoms in total. The summed E-state index contributed by atoms with van der Waals surface area (Å²) in [4.78, 5) is 10.3. The molecule has 1 rings (SSSR count). The van der Waals surface area contributed by atoms with E-state index >= 15 is 0 Å². The van der Waals surface area contributed by atoms with Crippen molar-refractivity contribution in [2.45, 2.75) is 32.2 Å². The highest BCUT2D eigenvalue weighted by Crippen LogP contribution is 2.21. The number of nitro benzene ring substituents is 1. The van der Waals surface area contributed by atoms with Crippen LogP contribution in [0.2, 0.25) is 5.02 Å². The minimum Gasteiger partial charge on any atom is -0.313 e. The number of nitro groups is 1. The molecule has 0 saturated heterocycles. The number of benzene rings is 1. The minimum absolute atomic E-state index is 0.0864. The molecule has 0 unspecified atom stereocenters. The molecule has 0 aliphatic rings. The van der Waals surface area contributed by atoms with Gasteiger partial charge in [-0.05, 0) is 43.0 Å². The van der Waals surface area contributed by atoms with Crippen LogP contribution in [0.3, 0.4) is 0 Å². The second kappa shape index (κ2) is 10.0. The zero-order valence-corrected chi connectivity index (χ0v) is 13.3. The smallest absolute Gasteiger partial charge is 0.269 e. The summed E-state index contributed by atoms with van der Waals surface area (Å²) >= 11 is 7.92. The van der Waals surface area contributed by atoms with Crippen molar-refractivity contribution in [3.05, 3.63) is 38.9 Å². The minimum atomic E-state index is -0.397. The van der Waals surface area contributed by atoms with Crippen molar-refractivity contribution < 1.29 is 4.92 Å². The molecule has 1 aromatic carbocycles. The maximum atomic E-state index is 10.7. The standard InChI is InChI=1S/C14H21ClN2O2S/c1-20-9-5-3-2-4-8-16-11-12-10-13(17(18)19)6-7-14(12)15/h6-7,10,16H,2-5,8-9,11H2,1H3. The number of non-ortho nitro benzene ring substituents is 1. The van der Waals surface area contributed by atoms with Gasteiger partial charge in [-0.1, -0.05) is 24.4 Å². The van der Waals surface area contributed by atoms with E-state index in [9.17, 15) is 10.1 Å². The van der Waals surface area contributed by atoms with E-state index in [-0.39, 0.29) is 5.69 Å². The lowest BCUT2D eigenvalue weighted by atomic mass is 10.2. The average molecular weight is 317 g/mol. The van der Waals surface area contributed by atoms with E-state index in [0.29, 0.717) is 11.6 Å². The van der Waals surface area contributed by atoms with E-state index in [1.807, 2.05) is 11.8 Å². The molecule has 0 atom stereocenters. The third kappa shape index (κ3) is 6.59. The molecule has 0 aliphatic carbocycles. The Balaban J connectivity index is 2.24. The molecule has 0 aliphatic heterocycles. The van der Waals surface area contributed by atoms with Crippen LogP contribution < -0.4 is 5.32 Å². The Morgan fingerprint density at radius 2 is 2.05 bits per heavy atom. The van der Waals surface area contributed by atoms with Crippen LogP contribution >= 0.6 is 23.4 Å². The lowest BCUT2D eigenvalue weighted by Crippen LogP contribution is -2.15. The summed E-state index contributed by atoms with van der Waals surface area (Å²) in [6.45, 7) is 1.49. The van der Waals surface area contributed by atoms with Gasteiger partial charge in [0.15, 0.2) is 0 Å². The Morgan fingerprint density at radius 1 is 1.30 bits per heavy atom. The third-order valence-electron chi connectivity index (χ3n) is 3.01. The molecule has 0 heterocycles. The molecule has 0 saturated carbocycles. The Labute approximate surface area is 129 Å². The van der Waals surface area contributed by atoms with Gasteiger partial charge in [-0.2, -0.15) is 11.8 Å². The number of hydrogen-bond acceptors (Lipinski definition) is 4. The van der Waals surface area contributed by atoms with Crippen LogP contribution in [-0.2, 0) is 6.54 Å². The van der Waals surface area contributed by atoms with Gasteiger partial charge in [-0.3, -0.25) is 10.1 Å². The molecule has 0 bridgehead atoms. The molecule has 0 fully saturated rings. The number of nitrogens with zero attached hydrogens (tertiary/aromatic N) is 1. The van der Waals surface area contributed by atoms with Crippen LogP contribution in [0.4, 0.5) is 5.69 Å². The summed E-state index contributed by atoms with van der Waals surface area (Å²) < 4.78 is 0. The number of nitrogens with one attached hydrogen (secondary N) is 1. The molecule has 0 radical (unpaired) electrons. The van der Waals surface area contributed by atoms with Crippen molar-refractivity contribution >= 4 is 29.1 Å². The predicted molar refractivity (Wildman–Crippen MR) is 86.7 cm³/mol. The van der Waals surface area contributed by atoms with Gasteiger partial charge in [0, 0.05) is 23.7 Å². The zero-order chi connectivity index (χ0) is 14.8. The number of hydrogen-bond donors (Lipinski definition) is 1. The fraction of sp³-hybridized carbons (Fsp3) is 0.571. The first kappa shape index (κ1) is 17.3. The first-order valence-corrected chi connectivity index (χ1v) is 8.55. The van der Waals surface area contributed by atoms with Gasteiger partial charge in [-0.15, -0.1) is 0 Å². The maximum Gasteiger partial charge on any atom is 0.269 e. The quantitative estimate of drug-likeness (QED) is 0.398. The Morgan fingerprint density at radius 3 is 2.75 bits per heavy atom. The molecule has 0 aromatic heterocycles. The largest absolute Gasteiger partial charge is 0.313 e. The molecule has 112 valence electrons. The van der Waals surface area contributed by atoms with Crippen LogP contribution in [0.15, 0.2) is 18.2 Å². The second-order valence-electron chi connectivity index (χ2n) is 4.62. The van der Waals surface area contributed by atoms with Gasteiger partial charge >= 0.3 is 0 Å². The van der Waals surface area contributed by atoms with Crippen molar-refractivity contribution in [1.29, 1.82) is 0 Å². The van der Waals surface area contributed by atoms with Crippen molar-refractivity contribution in [2.75, 3.05) is 18.6 Å². The monoisotopic (exact) mass is 316 g/mol. The van der Waals surface area contributed by atoms with Gasteiger partial charge in [0.25, 0.3) is 5.69 Å². The van der Waals surface area contributed by atoms with E-state index in [1.54, 1.807) is 6.07 Å². The van der Waals surface area contributed by atoms with Crippen LogP contribution in [-0.4, -0.2) is 23.5 Å². The van der Waals surface area contributed by atoms with E-state index in [2.05, 4.69) is 11.6 Å². The van der Waals surface area contributed by atoms with Crippen molar-refractivity contribution in [1.82, 2.24) is 5.32 Å². The summed E-state index contributed by atoms with van der Waals surface area (Å²) in [5.41, 5.74) is 0.867. The van der Waals surface area contributed by atoms with Crippen molar-refractivity contribution in [3.8, 4) is 0 Å². The van der Waals surface area contributed by atoms with Crippen molar-refractivity contribution in [3.63, 3.8) is 0 Å². The van der Waals surface area contributed by atoms with E-state index in [4.69, 9.17) is 11.6 Å². The van der Waals surface area contributed by atoms with E-state index < -0.39 is 4.92 Å². The second-order valence-corrected chi connectivity index (χ2v) is 6.01. The van der Waals surface area contributed by atoms with Crippen LogP contribution in [0, 0.1) is 10.1 Å². The molecule has 0 amide bonds. The number of thioether (sulfide) groups is 1. The predicted octanol–water partition coefficient (Wildman–Crippen LogP) is 4.26. The SMILES string of the molecule is CSCCCCCCNCc1cc([N+](=O)[O-])ccc1Cl. The van der Waals surface area contributed by atoms with Gasteiger partial charge < -0.3 is 5.32 Å². The molecular formula is C14H21ClN2O2S. The summed E-state index contributed by atoms with van der Waals surface area (Å²) in [6, 6.07) is 4.55. The number of unbranched alkanes of at least 4 members (excludes halogenated alkanes) is 3. The van der Waals surface area contributed by atoms with Gasteiger partial charge in [0.05, 0.1) is 4.92 Å². The topological polar surface area (TPSA) is 55.2 Å². The highest BCUT2D eigenvalue weighted by molar-refractivity contribution is 7.98. The fourth-order valence-electron chi connectivity index (χ4n) is 1.88. The molecule has 1 aromatic rings. The normalized spacial score (nSPS) is 10.7. The lowest BCUT2D eigenvalue weighted by molar-refractivity contribution is -0.384. The fourth-order valence-corrected chi connectivity index (χ4v) is 2.56. The molecule has 1 N–H and O–H groups in total. The van der Waals surface area contributed by atoms with Crippen LogP contribution in [0.25, 0.3) is 0 Å². The number of halogens is 1. The summed E-state index contributed by atoms with van der Waals surface area (Å²) in [5, 5.41) is 14.6. The van der Waals surface area contributed by atoms with Crippen LogP contribution in [0.1, 0.15) is 31.2 Å². The Bertz CT molecular complexity index is 430. The summed E-state index contributed by atoms with van der Waals surface area (Å²) in [5.74, 6) is 1.23. The molecule has 20 heavy (non-hydrogen) atoms. The van der Waals surface area contributed by atoms with Crippen molar-refractivity contribution in [2.24, 2.45) is 0 Å². The van der Waals surface area contributed by atoms with Gasteiger partial charge in [-0.25, -0.2) is 0 Å². The third-order valence-corrected chi connectivity index (χ3v) is 4.07. The summed E-state index contributed by atoms with van der Waals surface area (Å²) in [6.07, 6.45) is 7.01. The highest BCUT2D eigenvalue weighted by atomic mass is 35.5. The Kier molecular flexibility index (Phi) is 8.65. The van der Waals surface area contributed by atoms with E-state index in [0.717, 1.165) is 18.5 Å².